The molecule has 0 radical (unpaired) electrons. The lowest BCUT2D eigenvalue weighted by Gasteiger charge is -2.30. The van der Waals surface area contributed by atoms with Gasteiger partial charge in [-0.3, -0.25) is 0 Å². The minimum Gasteiger partial charge on any atom is -0.437 e. The van der Waals surface area contributed by atoms with E-state index in [1.54, 1.807) is 6.20 Å². The average molecular weight is 565 g/mol. The van der Waals surface area contributed by atoms with Crippen molar-refractivity contribution in [2.24, 2.45) is 0 Å². The van der Waals surface area contributed by atoms with E-state index >= 15 is 0 Å². The molecule has 0 unspecified atom stereocenters. The molecule has 0 amide bonds. The Balaban J connectivity index is 1.65. The number of pyridine rings is 1. The van der Waals surface area contributed by atoms with Crippen molar-refractivity contribution in [3.05, 3.63) is 122 Å². The number of benzene rings is 4. The van der Waals surface area contributed by atoms with Crippen LogP contribution in [0.5, 0.6) is 0 Å². The maximum Gasteiger partial charge on any atom is 0.227 e. The highest BCUT2D eigenvalue weighted by Crippen LogP contribution is 2.64. The fourth-order valence-corrected chi connectivity index (χ4v) is 7.30. The second kappa shape index (κ2) is 6.47. The Hall–Kier alpha value is -3.21. The van der Waals surface area contributed by atoms with Crippen LogP contribution in [-0.4, -0.2) is 4.98 Å². The summed E-state index contributed by atoms with van der Waals surface area (Å²) in [5.41, 5.74) is 11.3. The molecule has 0 atom stereocenters. The van der Waals surface area contributed by atoms with Crippen LogP contribution in [0, 0.1) is 0 Å². The molecule has 0 N–H and O–H groups in total. The molecule has 6 aromatic rings. The standard InChI is InChI=1S/C30H15Br2NO/c31-16-11-12-23-20(14-16)26-24(15-25(32)27-19-8-5-13-33-29(19)34-28(26)27)30(23)21-9-3-1-6-17(21)18-7-2-4-10-22(18)30/h1-15H. The van der Waals surface area contributed by atoms with Gasteiger partial charge in [0.1, 0.15) is 5.58 Å². The Morgan fingerprint density at radius 1 is 0.676 bits per heavy atom. The molecule has 1 spiro atoms. The average Bonchev–Trinajstić information content (AvgIpc) is 3.48. The van der Waals surface area contributed by atoms with E-state index in [9.17, 15) is 0 Å². The number of nitrogens with zero attached hydrogens (tertiary/aromatic N) is 1. The van der Waals surface area contributed by atoms with Crippen molar-refractivity contribution in [2.75, 3.05) is 0 Å². The van der Waals surface area contributed by atoms with Crippen molar-refractivity contribution < 1.29 is 4.42 Å². The van der Waals surface area contributed by atoms with E-state index in [1.807, 2.05) is 6.07 Å². The number of fused-ring (bicyclic) bond motifs is 14. The smallest absolute Gasteiger partial charge is 0.227 e. The number of halogens is 2. The molecule has 2 aromatic heterocycles. The number of hydrogen-bond acceptors (Lipinski definition) is 2. The zero-order chi connectivity index (χ0) is 22.6. The first-order chi connectivity index (χ1) is 16.7. The van der Waals surface area contributed by atoms with Gasteiger partial charge in [-0.25, -0.2) is 4.98 Å². The third kappa shape index (κ3) is 2.10. The van der Waals surface area contributed by atoms with Gasteiger partial charge in [-0.15, -0.1) is 0 Å². The Bertz CT molecular complexity index is 1800. The first kappa shape index (κ1) is 19.1. The van der Waals surface area contributed by atoms with Crippen LogP contribution in [0.1, 0.15) is 22.3 Å². The quantitative estimate of drug-likeness (QED) is 0.184. The second-order valence-electron chi connectivity index (χ2n) is 8.97. The second-order valence-corrected chi connectivity index (χ2v) is 10.7. The predicted molar refractivity (Wildman–Crippen MR) is 143 cm³/mol. The molecule has 160 valence electrons. The van der Waals surface area contributed by atoms with Crippen LogP contribution >= 0.6 is 31.9 Å². The Morgan fingerprint density at radius 2 is 1.38 bits per heavy atom. The molecule has 0 saturated heterocycles. The Kier molecular flexibility index (Phi) is 3.64. The van der Waals surface area contributed by atoms with Crippen LogP contribution in [0.15, 0.2) is 104 Å². The Morgan fingerprint density at radius 3 is 2.15 bits per heavy atom. The summed E-state index contributed by atoms with van der Waals surface area (Å²) in [5.74, 6) is 0. The number of rotatable bonds is 0. The fraction of sp³-hybridized carbons (Fsp3) is 0.0333. The van der Waals surface area contributed by atoms with Gasteiger partial charge in [0.2, 0.25) is 5.71 Å². The van der Waals surface area contributed by atoms with Crippen molar-refractivity contribution in [3.8, 4) is 22.3 Å². The molecular formula is C30H15Br2NO. The third-order valence-electron chi connectivity index (χ3n) is 7.48. The first-order valence-electron chi connectivity index (χ1n) is 11.2. The van der Waals surface area contributed by atoms with E-state index in [-0.39, 0.29) is 0 Å². The highest BCUT2D eigenvalue weighted by atomic mass is 79.9. The molecule has 0 fully saturated rings. The molecule has 2 heterocycles. The monoisotopic (exact) mass is 563 g/mol. The van der Waals surface area contributed by atoms with Crippen LogP contribution < -0.4 is 0 Å². The summed E-state index contributed by atoms with van der Waals surface area (Å²) < 4.78 is 8.58. The molecule has 4 heteroatoms. The SMILES string of the molecule is Brc1ccc2c(c1)-c1c(cc(Br)c3c1oc1ncccc13)C21c2ccccc2-c2ccccc21. The largest absolute Gasteiger partial charge is 0.437 e. The zero-order valence-corrected chi connectivity index (χ0v) is 20.9. The predicted octanol–water partition coefficient (Wildman–Crippen LogP) is 8.85. The van der Waals surface area contributed by atoms with Gasteiger partial charge in [0.15, 0.2) is 0 Å². The van der Waals surface area contributed by atoms with Gasteiger partial charge in [-0.2, -0.15) is 0 Å². The maximum atomic E-state index is 6.50. The van der Waals surface area contributed by atoms with E-state index in [2.05, 4.69) is 116 Å². The highest BCUT2D eigenvalue weighted by Gasteiger charge is 2.52. The molecule has 8 rings (SSSR count). The van der Waals surface area contributed by atoms with Crippen LogP contribution in [0.4, 0.5) is 0 Å². The Labute approximate surface area is 212 Å². The van der Waals surface area contributed by atoms with E-state index in [0.29, 0.717) is 5.71 Å². The molecule has 4 aromatic carbocycles. The molecular weight excluding hydrogens is 550 g/mol. The van der Waals surface area contributed by atoms with Gasteiger partial charge in [-0.1, -0.05) is 70.5 Å². The van der Waals surface area contributed by atoms with Crippen LogP contribution in [0.25, 0.3) is 44.3 Å². The van der Waals surface area contributed by atoms with Gasteiger partial charge in [0, 0.05) is 31.5 Å². The van der Waals surface area contributed by atoms with Crippen LogP contribution in [0.2, 0.25) is 0 Å². The topological polar surface area (TPSA) is 26.0 Å². The van der Waals surface area contributed by atoms with Gasteiger partial charge in [0.25, 0.3) is 0 Å². The molecule has 34 heavy (non-hydrogen) atoms. The lowest BCUT2D eigenvalue weighted by Crippen LogP contribution is -2.25. The molecule has 2 aliphatic rings. The fourth-order valence-electron chi connectivity index (χ4n) is 6.31. The van der Waals surface area contributed by atoms with Crippen molar-refractivity contribution in [3.63, 3.8) is 0 Å². The minimum atomic E-state index is -0.401. The normalized spacial score (nSPS) is 14.4. The summed E-state index contributed by atoms with van der Waals surface area (Å²) in [6.45, 7) is 0. The highest BCUT2D eigenvalue weighted by molar-refractivity contribution is 9.11. The van der Waals surface area contributed by atoms with E-state index in [4.69, 9.17) is 4.42 Å². The van der Waals surface area contributed by atoms with Crippen molar-refractivity contribution in [1.82, 2.24) is 4.98 Å². The van der Waals surface area contributed by atoms with Crippen molar-refractivity contribution in [2.45, 2.75) is 5.41 Å². The summed E-state index contributed by atoms with van der Waals surface area (Å²) >= 11 is 7.66. The third-order valence-corrected chi connectivity index (χ3v) is 8.60. The maximum absolute atomic E-state index is 6.50. The van der Waals surface area contributed by atoms with Gasteiger partial charge >= 0.3 is 0 Å². The van der Waals surface area contributed by atoms with E-state index < -0.39 is 5.41 Å². The van der Waals surface area contributed by atoms with Crippen LogP contribution in [0.3, 0.4) is 0 Å². The van der Waals surface area contributed by atoms with Gasteiger partial charge in [0.05, 0.1) is 5.41 Å². The minimum absolute atomic E-state index is 0.401. The molecule has 0 saturated carbocycles. The van der Waals surface area contributed by atoms with Crippen LogP contribution in [-0.2, 0) is 5.41 Å². The summed E-state index contributed by atoms with van der Waals surface area (Å²) in [4.78, 5) is 4.52. The van der Waals surface area contributed by atoms with Crippen molar-refractivity contribution in [1.29, 1.82) is 0 Å². The first-order valence-corrected chi connectivity index (χ1v) is 12.8. The number of hydrogen-bond donors (Lipinski definition) is 0. The van der Waals surface area contributed by atoms with E-state index in [0.717, 1.165) is 30.9 Å². The molecule has 2 aliphatic carbocycles. The number of furan rings is 1. The lowest BCUT2D eigenvalue weighted by atomic mass is 9.70. The summed E-state index contributed by atoms with van der Waals surface area (Å²) in [7, 11) is 0. The van der Waals surface area contributed by atoms with E-state index in [1.165, 1.54) is 38.9 Å². The summed E-state index contributed by atoms with van der Waals surface area (Å²) in [6.07, 6.45) is 1.79. The van der Waals surface area contributed by atoms with Crippen molar-refractivity contribution >= 4 is 53.9 Å². The van der Waals surface area contributed by atoms with Gasteiger partial charge < -0.3 is 4.42 Å². The molecule has 0 aliphatic heterocycles. The lowest BCUT2D eigenvalue weighted by molar-refractivity contribution is 0.654. The number of aromatic nitrogens is 1. The molecule has 2 nitrogen and oxygen atoms in total. The zero-order valence-electron chi connectivity index (χ0n) is 17.8. The summed E-state index contributed by atoms with van der Waals surface area (Å²) in [5, 5.41) is 2.10. The summed E-state index contributed by atoms with van der Waals surface area (Å²) in [6, 6.07) is 30.7. The van der Waals surface area contributed by atoms with Gasteiger partial charge in [-0.05, 0) is 85.2 Å². The molecule has 0 bridgehead atoms.